The van der Waals surface area contributed by atoms with Crippen molar-refractivity contribution in [3.63, 3.8) is 0 Å². The summed E-state index contributed by atoms with van der Waals surface area (Å²) in [7, 11) is 1.59. The van der Waals surface area contributed by atoms with Crippen molar-refractivity contribution in [3.05, 3.63) is 60.2 Å². The minimum atomic E-state index is -0.408. The van der Waals surface area contributed by atoms with Crippen LogP contribution < -0.4 is 9.47 Å². The first-order valence-corrected chi connectivity index (χ1v) is 9.02. The van der Waals surface area contributed by atoms with E-state index >= 15 is 0 Å². The number of rotatable bonds is 7. The molecule has 0 saturated heterocycles. The van der Waals surface area contributed by atoms with Crippen LogP contribution in [0.1, 0.15) is 12.7 Å². The van der Waals surface area contributed by atoms with E-state index in [1.165, 1.54) is 17.8 Å². The molecular formula is C19H17FN4O2S. The Labute approximate surface area is 160 Å². The molecule has 0 spiro atoms. The van der Waals surface area contributed by atoms with Crippen LogP contribution in [0, 0.1) is 17.1 Å². The first-order valence-electron chi connectivity index (χ1n) is 8.14. The molecule has 0 radical (unpaired) electrons. The minimum absolute atomic E-state index is 0.0924. The van der Waals surface area contributed by atoms with Crippen molar-refractivity contribution in [1.29, 1.82) is 5.26 Å². The number of halogens is 1. The monoisotopic (exact) mass is 384 g/mol. The third kappa shape index (κ3) is 4.38. The fraction of sp³-hybridized carbons (Fsp3) is 0.211. The Bertz CT molecular complexity index is 953. The van der Waals surface area contributed by atoms with Gasteiger partial charge in [0.25, 0.3) is 0 Å². The molecular weight excluding hydrogens is 367 g/mol. The average Bonchev–Trinajstić information content (AvgIpc) is 3.09. The summed E-state index contributed by atoms with van der Waals surface area (Å²) in [6.45, 7) is 1.84. The molecule has 0 amide bonds. The second kappa shape index (κ2) is 8.56. The summed E-state index contributed by atoms with van der Waals surface area (Å²) < 4.78 is 26.8. The molecule has 27 heavy (non-hydrogen) atoms. The molecule has 0 N–H and O–H groups in total. The quantitative estimate of drug-likeness (QED) is 0.574. The predicted octanol–water partition coefficient (Wildman–Crippen LogP) is 4.00. The molecule has 0 aliphatic rings. The number of para-hydroxylation sites is 1. The summed E-state index contributed by atoms with van der Waals surface area (Å²) in [6.07, 6.45) is 0. The topological polar surface area (TPSA) is 73.0 Å². The van der Waals surface area contributed by atoms with E-state index in [0.717, 1.165) is 5.75 Å². The van der Waals surface area contributed by atoms with E-state index in [1.54, 1.807) is 61.1 Å². The van der Waals surface area contributed by atoms with E-state index < -0.39 is 5.82 Å². The Kier molecular flexibility index (Phi) is 5.94. The molecule has 0 saturated carbocycles. The fourth-order valence-electron chi connectivity index (χ4n) is 2.35. The zero-order valence-electron chi connectivity index (χ0n) is 14.8. The maximum absolute atomic E-state index is 14.4. The van der Waals surface area contributed by atoms with Gasteiger partial charge in [-0.25, -0.2) is 4.39 Å². The highest BCUT2D eigenvalue weighted by molar-refractivity contribution is 8.00. The number of ether oxygens (including phenoxy) is 2. The van der Waals surface area contributed by atoms with Gasteiger partial charge in [0, 0.05) is 0 Å². The molecule has 1 aromatic heterocycles. The highest BCUT2D eigenvalue weighted by atomic mass is 32.2. The lowest BCUT2D eigenvalue weighted by atomic mass is 10.3. The van der Waals surface area contributed by atoms with Crippen LogP contribution in [-0.2, 0) is 6.61 Å². The van der Waals surface area contributed by atoms with Gasteiger partial charge >= 0.3 is 0 Å². The van der Waals surface area contributed by atoms with Gasteiger partial charge in [-0.05, 0) is 43.3 Å². The van der Waals surface area contributed by atoms with Gasteiger partial charge in [0.1, 0.15) is 23.9 Å². The summed E-state index contributed by atoms with van der Waals surface area (Å²) in [4.78, 5) is 0. The number of hydrogen-bond donors (Lipinski definition) is 0. The molecule has 1 heterocycles. The van der Waals surface area contributed by atoms with E-state index in [9.17, 15) is 4.39 Å². The van der Waals surface area contributed by atoms with Crippen molar-refractivity contribution in [2.75, 3.05) is 7.11 Å². The Morgan fingerprint density at radius 1 is 1.15 bits per heavy atom. The molecule has 138 valence electrons. The Morgan fingerprint density at radius 2 is 1.85 bits per heavy atom. The highest BCUT2D eigenvalue weighted by Gasteiger charge is 2.19. The van der Waals surface area contributed by atoms with Crippen molar-refractivity contribution in [2.45, 2.75) is 23.9 Å². The third-order valence-electron chi connectivity index (χ3n) is 3.69. The zero-order chi connectivity index (χ0) is 19.2. The fourth-order valence-corrected chi connectivity index (χ4v) is 3.12. The molecule has 6 nitrogen and oxygen atoms in total. The van der Waals surface area contributed by atoms with Crippen LogP contribution in [0.15, 0.2) is 53.7 Å². The average molecular weight is 384 g/mol. The molecule has 1 unspecified atom stereocenters. The maximum Gasteiger partial charge on any atom is 0.197 e. The van der Waals surface area contributed by atoms with Crippen LogP contribution >= 0.6 is 11.8 Å². The lowest BCUT2D eigenvalue weighted by molar-refractivity contribution is 0.292. The van der Waals surface area contributed by atoms with Crippen LogP contribution in [0.25, 0.3) is 5.69 Å². The molecule has 0 bridgehead atoms. The molecule has 0 aliphatic heterocycles. The largest absolute Gasteiger partial charge is 0.497 e. The van der Waals surface area contributed by atoms with Crippen molar-refractivity contribution in [2.24, 2.45) is 0 Å². The van der Waals surface area contributed by atoms with E-state index in [0.29, 0.717) is 22.4 Å². The van der Waals surface area contributed by atoms with Gasteiger partial charge < -0.3 is 9.47 Å². The standard InChI is InChI=1S/C19H17FN4O2S/c1-13(11-21)27-19-23-22-18(24(19)17-6-4-3-5-16(17)20)12-26-15-9-7-14(25-2)8-10-15/h3-10,13H,12H2,1-2H3. The summed E-state index contributed by atoms with van der Waals surface area (Å²) in [6, 6.07) is 15.6. The summed E-state index contributed by atoms with van der Waals surface area (Å²) in [5.41, 5.74) is 0.309. The van der Waals surface area contributed by atoms with Gasteiger partial charge in [0.05, 0.1) is 24.1 Å². The van der Waals surface area contributed by atoms with Gasteiger partial charge in [-0.3, -0.25) is 4.57 Å². The van der Waals surface area contributed by atoms with Gasteiger partial charge in [-0.2, -0.15) is 5.26 Å². The SMILES string of the molecule is COc1ccc(OCc2nnc(SC(C)C#N)n2-c2ccccc2F)cc1. The third-order valence-corrected chi connectivity index (χ3v) is 4.62. The molecule has 3 aromatic rings. The first-order chi connectivity index (χ1) is 13.1. The zero-order valence-corrected chi connectivity index (χ0v) is 15.6. The normalized spacial score (nSPS) is 11.6. The summed E-state index contributed by atoms with van der Waals surface area (Å²) >= 11 is 1.21. The van der Waals surface area contributed by atoms with Crippen LogP contribution in [0.5, 0.6) is 11.5 Å². The molecule has 3 rings (SSSR count). The van der Waals surface area contributed by atoms with Gasteiger partial charge in [0.15, 0.2) is 11.0 Å². The second-order valence-electron chi connectivity index (χ2n) is 5.54. The van der Waals surface area contributed by atoms with Crippen molar-refractivity contribution >= 4 is 11.8 Å². The molecule has 0 fully saturated rings. The maximum atomic E-state index is 14.4. The van der Waals surface area contributed by atoms with Crippen molar-refractivity contribution in [1.82, 2.24) is 14.8 Å². The molecule has 2 aromatic carbocycles. The van der Waals surface area contributed by atoms with E-state index in [-0.39, 0.29) is 11.9 Å². The number of hydrogen-bond acceptors (Lipinski definition) is 6. The molecule has 8 heteroatoms. The number of methoxy groups -OCH3 is 1. The lowest BCUT2D eigenvalue weighted by Crippen LogP contribution is -2.09. The highest BCUT2D eigenvalue weighted by Crippen LogP contribution is 2.27. The van der Waals surface area contributed by atoms with Crippen molar-refractivity contribution in [3.8, 4) is 23.3 Å². The van der Waals surface area contributed by atoms with E-state index in [1.807, 2.05) is 0 Å². The van der Waals surface area contributed by atoms with Gasteiger partial charge in [-0.1, -0.05) is 23.9 Å². The Balaban J connectivity index is 1.90. The van der Waals surface area contributed by atoms with Gasteiger partial charge in [-0.15, -0.1) is 10.2 Å². The first kappa shape index (κ1) is 18.7. The minimum Gasteiger partial charge on any atom is -0.497 e. The van der Waals surface area contributed by atoms with Crippen molar-refractivity contribution < 1.29 is 13.9 Å². The van der Waals surface area contributed by atoms with Crippen LogP contribution in [-0.4, -0.2) is 27.1 Å². The molecule has 1 atom stereocenters. The van der Waals surface area contributed by atoms with E-state index in [2.05, 4.69) is 16.3 Å². The smallest absolute Gasteiger partial charge is 0.197 e. The van der Waals surface area contributed by atoms with Crippen LogP contribution in [0.3, 0.4) is 0 Å². The summed E-state index contributed by atoms with van der Waals surface area (Å²) in [5, 5.41) is 17.4. The Morgan fingerprint density at radius 3 is 2.52 bits per heavy atom. The van der Waals surface area contributed by atoms with Crippen LogP contribution in [0.2, 0.25) is 0 Å². The van der Waals surface area contributed by atoms with Gasteiger partial charge in [0.2, 0.25) is 0 Å². The number of nitriles is 1. The number of benzene rings is 2. The predicted molar refractivity (Wildman–Crippen MR) is 99.6 cm³/mol. The summed E-state index contributed by atoms with van der Waals surface area (Å²) in [5.74, 6) is 1.37. The second-order valence-corrected chi connectivity index (χ2v) is 6.85. The number of aromatic nitrogens is 3. The van der Waals surface area contributed by atoms with Crippen LogP contribution in [0.4, 0.5) is 4.39 Å². The lowest BCUT2D eigenvalue weighted by Gasteiger charge is -2.12. The molecule has 0 aliphatic carbocycles. The van der Waals surface area contributed by atoms with E-state index in [4.69, 9.17) is 14.7 Å². The number of thioether (sulfide) groups is 1. The number of nitrogens with zero attached hydrogens (tertiary/aromatic N) is 4. The Hall–Kier alpha value is -3.05.